The number of carbonyl (C=O) groups is 2. The van der Waals surface area contributed by atoms with E-state index in [4.69, 9.17) is 9.47 Å². The van der Waals surface area contributed by atoms with Crippen LogP contribution in [0.3, 0.4) is 0 Å². The summed E-state index contributed by atoms with van der Waals surface area (Å²) < 4.78 is 10.4. The van der Waals surface area contributed by atoms with Crippen LogP contribution in [0.1, 0.15) is 28.4 Å². The van der Waals surface area contributed by atoms with E-state index < -0.39 is 18.0 Å². The molecule has 0 radical (unpaired) electrons. The van der Waals surface area contributed by atoms with Gasteiger partial charge in [-0.2, -0.15) is 0 Å². The standard InChI is InChI=1S/C19H21NO4/c1-12-8-9-13(2)17(10-12)19(22)24-14(3)18(21)20-15-6-5-7-16(11-15)23-4/h5-11,14H,1-4H3,(H,20,21)/t14-/m0/s1. The van der Waals surface area contributed by atoms with Gasteiger partial charge in [-0.25, -0.2) is 4.79 Å². The largest absolute Gasteiger partial charge is 0.497 e. The zero-order valence-corrected chi connectivity index (χ0v) is 14.3. The average molecular weight is 327 g/mol. The summed E-state index contributed by atoms with van der Waals surface area (Å²) in [5, 5.41) is 2.70. The fourth-order valence-corrected chi connectivity index (χ4v) is 2.18. The van der Waals surface area contributed by atoms with Crippen molar-refractivity contribution in [3.63, 3.8) is 0 Å². The second-order valence-corrected chi connectivity index (χ2v) is 5.59. The Morgan fingerprint density at radius 2 is 1.83 bits per heavy atom. The molecule has 0 heterocycles. The van der Waals surface area contributed by atoms with Crippen LogP contribution >= 0.6 is 0 Å². The number of hydrogen-bond donors (Lipinski definition) is 1. The third kappa shape index (κ3) is 4.35. The van der Waals surface area contributed by atoms with Crippen LogP contribution in [0.5, 0.6) is 5.75 Å². The number of methoxy groups -OCH3 is 1. The highest BCUT2D eigenvalue weighted by Crippen LogP contribution is 2.18. The molecule has 1 amide bonds. The lowest BCUT2D eigenvalue weighted by Crippen LogP contribution is -2.30. The van der Waals surface area contributed by atoms with Crippen molar-refractivity contribution in [3.05, 3.63) is 59.2 Å². The molecule has 0 saturated heterocycles. The zero-order chi connectivity index (χ0) is 17.7. The predicted octanol–water partition coefficient (Wildman–Crippen LogP) is 3.50. The summed E-state index contributed by atoms with van der Waals surface area (Å²) in [5.41, 5.74) is 2.82. The summed E-state index contributed by atoms with van der Waals surface area (Å²) in [4.78, 5) is 24.5. The van der Waals surface area contributed by atoms with Crippen molar-refractivity contribution in [2.75, 3.05) is 12.4 Å². The van der Waals surface area contributed by atoms with Gasteiger partial charge in [-0.15, -0.1) is 0 Å². The van der Waals surface area contributed by atoms with E-state index in [0.717, 1.165) is 11.1 Å². The highest BCUT2D eigenvalue weighted by molar-refractivity contribution is 5.98. The Balaban J connectivity index is 2.02. The second kappa shape index (κ2) is 7.64. The van der Waals surface area contributed by atoms with E-state index in [2.05, 4.69) is 5.32 Å². The van der Waals surface area contributed by atoms with E-state index in [9.17, 15) is 9.59 Å². The maximum atomic E-state index is 12.3. The Morgan fingerprint density at radius 3 is 2.54 bits per heavy atom. The molecular weight excluding hydrogens is 306 g/mol. The Kier molecular flexibility index (Phi) is 5.58. The number of aryl methyl sites for hydroxylation is 2. The van der Waals surface area contributed by atoms with Crippen molar-refractivity contribution in [1.82, 2.24) is 0 Å². The summed E-state index contributed by atoms with van der Waals surface area (Å²) in [6.45, 7) is 5.27. The number of amides is 1. The lowest BCUT2D eigenvalue weighted by molar-refractivity contribution is -0.123. The van der Waals surface area contributed by atoms with Crippen molar-refractivity contribution < 1.29 is 19.1 Å². The molecule has 0 aromatic heterocycles. The number of anilines is 1. The van der Waals surface area contributed by atoms with Crippen molar-refractivity contribution in [3.8, 4) is 5.75 Å². The van der Waals surface area contributed by atoms with Crippen LogP contribution in [0, 0.1) is 13.8 Å². The molecule has 0 unspecified atom stereocenters. The number of rotatable bonds is 5. The minimum Gasteiger partial charge on any atom is -0.497 e. The van der Waals surface area contributed by atoms with E-state index in [1.165, 1.54) is 0 Å². The van der Waals surface area contributed by atoms with E-state index in [0.29, 0.717) is 17.0 Å². The first-order chi connectivity index (χ1) is 11.4. The number of carbonyl (C=O) groups excluding carboxylic acids is 2. The molecule has 2 aromatic rings. The van der Waals surface area contributed by atoms with Gasteiger partial charge in [0.2, 0.25) is 0 Å². The van der Waals surface area contributed by atoms with Crippen molar-refractivity contribution >= 4 is 17.6 Å². The summed E-state index contributed by atoms with van der Waals surface area (Å²) >= 11 is 0. The molecule has 0 saturated carbocycles. The monoisotopic (exact) mass is 327 g/mol. The molecule has 1 N–H and O–H groups in total. The summed E-state index contributed by atoms with van der Waals surface area (Å²) in [5.74, 6) is -0.278. The van der Waals surface area contributed by atoms with Crippen LogP contribution in [0.2, 0.25) is 0 Å². The summed E-state index contributed by atoms with van der Waals surface area (Å²) in [7, 11) is 1.55. The third-order valence-electron chi connectivity index (χ3n) is 3.60. The first-order valence-corrected chi connectivity index (χ1v) is 7.64. The van der Waals surface area contributed by atoms with Crippen molar-refractivity contribution in [2.45, 2.75) is 26.9 Å². The molecule has 1 atom stereocenters. The molecule has 5 heteroatoms. The molecule has 0 aliphatic carbocycles. The number of hydrogen-bond acceptors (Lipinski definition) is 4. The third-order valence-corrected chi connectivity index (χ3v) is 3.60. The molecule has 24 heavy (non-hydrogen) atoms. The highest BCUT2D eigenvalue weighted by atomic mass is 16.5. The van der Waals surface area contributed by atoms with E-state index in [-0.39, 0.29) is 0 Å². The topological polar surface area (TPSA) is 64.6 Å². The van der Waals surface area contributed by atoms with E-state index >= 15 is 0 Å². The Hall–Kier alpha value is -2.82. The quantitative estimate of drug-likeness (QED) is 0.854. The fraction of sp³-hybridized carbons (Fsp3) is 0.263. The van der Waals surface area contributed by atoms with Crippen molar-refractivity contribution in [1.29, 1.82) is 0 Å². The number of benzene rings is 2. The molecule has 5 nitrogen and oxygen atoms in total. The molecule has 126 valence electrons. The molecule has 2 aromatic carbocycles. The predicted molar refractivity (Wildman–Crippen MR) is 92.4 cm³/mol. The summed E-state index contributed by atoms with van der Waals surface area (Å²) in [6, 6.07) is 12.5. The van der Waals surface area contributed by atoms with Crippen LogP contribution in [0.15, 0.2) is 42.5 Å². The van der Waals surface area contributed by atoms with Gasteiger partial charge < -0.3 is 14.8 Å². The van der Waals surface area contributed by atoms with Gasteiger partial charge in [0.1, 0.15) is 5.75 Å². The minimum absolute atomic E-state index is 0.401. The number of esters is 1. The lowest BCUT2D eigenvalue weighted by Gasteiger charge is -2.15. The van der Waals surface area contributed by atoms with Gasteiger partial charge in [-0.05, 0) is 44.5 Å². The van der Waals surface area contributed by atoms with Gasteiger partial charge >= 0.3 is 5.97 Å². The van der Waals surface area contributed by atoms with E-state index in [1.807, 2.05) is 26.0 Å². The molecule has 0 bridgehead atoms. The van der Waals surface area contributed by atoms with Crippen molar-refractivity contribution in [2.24, 2.45) is 0 Å². The molecule has 0 fully saturated rings. The van der Waals surface area contributed by atoms with Gasteiger partial charge in [0.15, 0.2) is 6.10 Å². The minimum atomic E-state index is -0.913. The lowest BCUT2D eigenvalue weighted by atomic mass is 10.1. The molecule has 0 spiro atoms. The van der Waals surface area contributed by atoms with Gasteiger partial charge in [-0.3, -0.25) is 4.79 Å². The molecule has 0 aliphatic heterocycles. The van der Waals surface area contributed by atoms with Gasteiger partial charge in [-0.1, -0.05) is 23.8 Å². The number of ether oxygens (including phenoxy) is 2. The Labute approximate surface area is 141 Å². The van der Waals surface area contributed by atoms with Gasteiger partial charge in [0.05, 0.1) is 12.7 Å². The fourth-order valence-electron chi connectivity index (χ4n) is 2.18. The zero-order valence-electron chi connectivity index (χ0n) is 14.3. The second-order valence-electron chi connectivity index (χ2n) is 5.59. The Bertz CT molecular complexity index is 755. The SMILES string of the molecule is COc1cccc(NC(=O)[C@H](C)OC(=O)c2cc(C)ccc2C)c1. The molecule has 0 aliphatic rings. The van der Waals surface area contributed by atoms with Crippen LogP contribution < -0.4 is 10.1 Å². The van der Waals surface area contributed by atoms with Gasteiger partial charge in [0, 0.05) is 11.8 Å². The normalized spacial score (nSPS) is 11.5. The Morgan fingerprint density at radius 1 is 1.08 bits per heavy atom. The highest BCUT2D eigenvalue weighted by Gasteiger charge is 2.20. The van der Waals surface area contributed by atoms with Crippen LogP contribution in [-0.4, -0.2) is 25.1 Å². The first kappa shape index (κ1) is 17.5. The average Bonchev–Trinajstić information content (AvgIpc) is 2.57. The van der Waals surface area contributed by atoms with Crippen LogP contribution in [-0.2, 0) is 9.53 Å². The number of nitrogens with one attached hydrogen (secondary N) is 1. The maximum absolute atomic E-state index is 12.3. The smallest absolute Gasteiger partial charge is 0.339 e. The van der Waals surface area contributed by atoms with Gasteiger partial charge in [0.25, 0.3) is 5.91 Å². The van der Waals surface area contributed by atoms with Crippen LogP contribution in [0.4, 0.5) is 5.69 Å². The van der Waals surface area contributed by atoms with Crippen LogP contribution in [0.25, 0.3) is 0 Å². The first-order valence-electron chi connectivity index (χ1n) is 7.64. The maximum Gasteiger partial charge on any atom is 0.339 e. The summed E-state index contributed by atoms with van der Waals surface area (Å²) in [6.07, 6.45) is -0.913. The molecule has 2 rings (SSSR count). The van der Waals surface area contributed by atoms with E-state index in [1.54, 1.807) is 44.4 Å². The molecular formula is C19H21NO4.